The monoisotopic (exact) mass is 349 g/mol. The third-order valence-corrected chi connectivity index (χ3v) is 4.59. The predicted octanol–water partition coefficient (Wildman–Crippen LogP) is 0.00310. The van der Waals surface area contributed by atoms with Gasteiger partial charge in [-0.1, -0.05) is 42.5 Å². The molecule has 25 heavy (non-hydrogen) atoms. The van der Waals surface area contributed by atoms with Gasteiger partial charge in [0.25, 0.3) is 0 Å². The van der Waals surface area contributed by atoms with Crippen molar-refractivity contribution in [3.05, 3.63) is 48.0 Å². The van der Waals surface area contributed by atoms with Gasteiger partial charge in [0.2, 0.25) is 0 Å². The Balaban J connectivity index is 1.86. The van der Waals surface area contributed by atoms with Gasteiger partial charge in [-0.25, -0.2) is 0 Å². The molecule has 5 atom stereocenters. The second kappa shape index (κ2) is 7.76. The van der Waals surface area contributed by atoms with Crippen LogP contribution in [0.1, 0.15) is 5.56 Å². The molecule has 0 amide bonds. The van der Waals surface area contributed by atoms with Gasteiger partial charge in [0.15, 0.2) is 6.23 Å². The minimum Gasteiger partial charge on any atom is -0.394 e. The molecular formula is C18H23NO6. The maximum Gasteiger partial charge on any atom is 0.162 e. The highest BCUT2D eigenvalue weighted by Gasteiger charge is 2.46. The van der Waals surface area contributed by atoms with E-state index in [0.717, 1.165) is 16.3 Å². The Morgan fingerprint density at radius 1 is 1.00 bits per heavy atom. The predicted molar refractivity (Wildman–Crippen MR) is 90.3 cm³/mol. The zero-order chi connectivity index (χ0) is 18.0. The molecule has 2 aromatic rings. The van der Waals surface area contributed by atoms with Gasteiger partial charge in [0.1, 0.15) is 24.4 Å². The number of ether oxygens (including phenoxy) is 1. The van der Waals surface area contributed by atoms with Crippen molar-refractivity contribution in [2.45, 2.75) is 37.2 Å². The molecule has 0 aliphatic carbocycles. The lowest BCUT2D eigenvalue weighted by Crippen LogP contribution is -2.62. The highest BCUT2D eigenvalue weighted by Crippen LogP contribution is 2.27. The third-order valence-electron chi connectivity index (χ3n) is 4.59. The van der Waals surface area contributed by atoms with Crippen molar-refractivity contribution in [3.8, 4) is 0 Å². The number of nitrogens with zero attached hydrogens (tertiary/aromatic N) is 1. The highest BCUT2D eigenvalue weighted by molar-refractivity contribution is 5.85. The summed E-state index contributed by atoms with van der Waals surface area (Å²) < 4.78 is 5.56. The normalized spacial score (nSPS) is 30.1. The smallest absolute Gasteiger partial charge is 0.162 e. The lowest BCUT2D eigenvalue weighted by atomic mass is 9.98. The van der Waals surface area contributed by atoms with Gasteiger partial charge in [-0.05, 0) is 16.3 Å². The second-order valence-corrected chi connectivity index (χ2v) is 6.12. The van der Waals surface area contributed by atoms with E-state index in [4.69, 9.17) is 9.57 Å². The minimum atomic E-state index is -1.44. The molecule has 3 rings (SSSR count). The number of hydroxylamine groups is 2. The summed E-state index contributed by atoms with van der Waals surface area (Å²) in [6.07, 6.45) is -6.23. The van der Waals surface area contributed by atoms with Crippen LogP contribution in [0.4, 0.5) is 0 Å². The minimum absolute atomic E-state index is 0.292. The summed E-state index contributed by atoms with van der Waals surface area (Å²) in [5.74, 6) is 0. The standard InChI is InChI=1S/C18H23NO6/c1-24-19(18-17(23)16(22)15(21)14(10-20)25-18)9-12-7-4-6-11-5-2-3-8-13(11)12/h2-8,14-18,20-23H,9-10H2,1H3/t14?,15-,16+,17?,18-/m1/s1. The number of benzene rings is 2. The first kappa shape index (κ1) is 18.2. The van der Waals surface area contributed by atoms with Crippen molar-refractivity contribution in [3.63, 3.8) is 0 Å². The Morgan fingerprint density at radius 3 is 2.44 bits per heavy atom. The van der Waals surface area contributed by atoms with Crippen LogP contribution in [0.25, 0.3) is 10.8 Å². The number of hydrogen-bond acceptors (Lipinski definition) is 7. The number of rotatable bonds is 5. The number of aliphatic hydroxyl groups is 4. The Morgan fingerprint density at radius 2 is 1.72 bits per heavy atom. The molecule has 0 saturated carbocycles. The van der Waals surface area contributed by atoms with E-state index in [1.165, 1.54) is 12.2 Å². The van der Waals surface area contributed by atoms with E-state index < -0.39 is 37.3 Å². The van der Waals surface area contributed by atoms with Crippen LogP contribution in [-0.2, 0) is 16.1 Å². The maximum absolute atomic E-state index is 10.3. The molecular weight excluding hydrogens is 326 g/mol. The molecule has 7 nitrogen and oxygen atoms in total. The van der Waals surface area contributed by atoms with Gasteiger partial charge < -0.3 is 25.2 Å². The molecule has 1 fully saturated rings. The molecule has 1 aliphatic heterocycles. The van der Waals surface area contributed by atoms with E-state index in [1.54, 1.807) is 0 Å². The summed E-state index contributed by atoms with van der Waals surface area (Å²) in [6.45, 7) is -0.187. The SMILES string of the molecule is CON(Cc1cccc2ccccc12)[C@@H]1OC(CO)[C@@H](O)[C@H](O)C1O. The van der Waals surface area contributed by atoms with Crippen LogP contribution in [0, 0.1) is 0 Å². The summed E-state index contributed by atoms with van der Waals surface area (Å²) in [5, 5.41) is 43.0. The average molecular weight is 349 g/mol. The molecule has 1 saturated heterocycles. The Kier molecular flexibility index (Phi) is 5.65. The summed E-state index contributed by atoms with van der Waals surface area (Å²) >= 11 is 0. The van der Waals surface area contributed by atoms with Crippen LogP contribution in [0.3, 0.4) is 0 Å². The van der Waals surface area contributed by atoms with E-state index in [9.17, 15) is 20.4 Å². The van der Waals surface area contributed by atoms with Gasteiger partial charge in [-0.15, -0.1) is 0 Å². The van der Waals surface area contributed by atoms with Crippen molar-refractivity contribution in [1.82, 2.24) is 5.06 Å². The van der Waals surface area contributed by atoms with Gasteiger partial charge in [-0.2, -0.15) is 5.06 Å². The van der Waals surface area contributed by atoms with Crippen molar-refractivity contribution >= 4 is 10.8 Å². The molecule has 7 heteroatoms. The van der Waals surface area contributed by atoms with Crippen molar-refractivity contribution < 1.29 is 30.0 Å². The molecule has 1 heterocycles. The van der Waals surface area contributed by atoms with Crippen molar-refractivity contribution in [2.75, 3.05) is 13.7 Å². The zero-order valence-corrected chi connectivity index (χ0v) is 13.9. The van der Waals surface area contributed by atoms with E-state index in [-0.39, 0.29) is 0 Å². The Labute approximate surface area is 145 Å². The fourth-order valence-electron chi connectivity index (χ4n) is 3.18. The van der Waals surface area contributed by atoms with Gasteiger partial charge in [-0.3, -0.25) is 4.84 Å². The molecule has 2 unspecified atom stereocenters. The van der Waals surface area contributed by atoms with E-state index in [0.29, 0.717) is 6.54 Å². The molecule has 0 radical (unpaired) electrons. The molecule has 1 aliphatic rings. The van der Waals surface area contributed by atoms with Crippen LogP contribution >= 0.6 is 0 Å². The van der Waals surface area contributed by atoms with Crippen molar-refractivity contribution in [1.29, 1.82) is 0 Å². The molecule has 4 N–H and O–H groups in total. The van der Waals surface area contributed by atoms with Crippen LogP contribution in [-0.4, -0.2) is 69.8 Å². The largest absolute Gasteiger partial charge is 0.394 e. The number of hydrogen-bond donors (Lipinski definition) is 4. The first-order chi connectivity index (χ1) is 12.1. The van der Waals surface area contributed by atoms with Gasteiger partial charge in [0, 0.05) is 0 Å². The summed E-state index contributed by atoms with van der Waals surface area (Å²) in [6, 6.07) is 13.8. The van der Waals surface area contributed by atoms with Crippen LogP contribution in [0.5, 0.6) is 0 Å². The summed E-state index contributed by atoms with van der Waals surface area (Å²) in [7, 11) is 1.44. The lowest BCUT2D eigenvalue weighted by Gasteiger charge is -2.43. The van der Waals surface area contributed by atoms with E-state index in [2.05, 4.69) is 0 Å². The summed E-state index contributed by atoms with van der Waals surface area (Å²) in [5.41, 5.74) is 0.955. The molecule has 136 valence electrons. The summed E-state index contributed by atoms with van der Waals surface area (Å²) in [4.78, 5) is 5.36. The topological polar surface area (TPSA) is 103 Å². The first-order valence-corrected chi connectivity index (χ1v) is 8.14. The third kappa shape index (κ3) is 3.54. The Bertz CT molecular complexity index is 704. The van der Waals surface area contributed by atoms with E-state index >= 15 is 0 Å². The fourth-order valence-corrected chi connectivity index (χ4v) is 3.18. The molecule has 0 aromatic heterocycles. The number of aliphatic hydroxyl groups excluding tert-OH is 4. The van der Waals surface area contributed by atoms with Crippen LogP contribution < -0.4 is 0 Å². The van der Waals surface area contributed by atoms with E-state index in [1.807, 2.05) is 42.5 Å². The second-order valence-electron chi connectivity index (χ2n) is 6.12. The number of fused-ring (bicyclic) bond motifs is 1. The zero-order valence-electron chi connectivity index (χ0n) is 13.9. The molecule has 2 aromatic carbocycles. The highest BCUT2D eigenvalue weighted by atomic mass is 16.7. The fraction of sp³-hybridized carbons (Fsp3) is 0.444. The Hall–Kier alpha value is -1.58. The average Bonchev–Trinajstić information content (AvgIpc) is 2.65. The lowest BCUT2D eigenvalue weighted by molar-refractivity contribution is -0.331. The van der Waals surface area contributed by atoms with Crippen molar-refractivity contribution in [2.24, 2.45) is 0 Å². The van der Waals surface area contributed by atoms with Crippen LogP contribution in [0.15, 0.2) is 42.5 Å². The van der Waals surface area contributed by atoms with Gasteiger partial charge in [0.05, 0.1) is 20.3 Å². The molecule has 0 spiro atoms. The quantitative estimate of drug-likeness (QED) is 0.564. The maximum atomic E-state index is 10.3. The van der Waals surface area contributed by atoms with Crippen LogP contribution in [0.2, 0.25) is 0 Å². The van der Waals surface area contributed by atoms with Gasteiger partial charge >= 0.3 is 0 Å². The molecule has 0 bridgehead atoms. The first-order valence-electron chi connectivity index (χ1n) is 8.14.